The van der Waals surface area contributed by atoms with E-state index < -0.39 is 24.0 Å². The third-order valence-corrected chi connectivity index (χ3v) is 4.08. The summed E-state index contributed by atoms with van der Waals surface area (Å²) in [5.74, 6) is -2.18. The van der Waals surface area contributed by atoms with Gasteiger partial charge in [0.1, 0.15) is 5.15 Å². The van der Waals surface area contributed by atoms with E-state index in [2.05, 4.69) is 10.3 Å². The number of alkyl halides is 3. The Hall–Kier alpha value is -1.01. The number of carbonyl (C=O) groups is 1. The first-order chi connectivity index (χ1) is 9.79. The Balaban J connectivity index is 2.15. The number of rotatable bonds is 2. The van der Waals surface area contributed by atoms with Gasteiger partial charge in [0.2, 0.25) is 0 Å². The van der Waals surface area contributed by atoms with Crippen molar-refractivity contribution in [3.05, 3.63) is 28.0 Å². The van der Waals surface area contributed by atoms with Crippen molar-refractivity contribution in [1.29, 1.82) is 0 Å². The molecule has 3 nitrogen and oxygen atoms in total. The molecular formula is C13H13Cl2F3N2O. The SMILES string of the molecule is O=C(NC1CCCCC1C(F)(F)F)c1cc(Cl)ncc1Cl. The van der Waals surface area contributed by atoms with Crippen LogP contribution in [0.3, 0.4) is 0 Å². The van der Waals surface area contributed by atoms with Gasteiger partial charge in [0.15, 0.2) is 0 Å². The summed E-state index contributed by atoms with van der Waals surface area (Å²) < 4.78 is 38.9. The lowest BCUT2D eigenvalue weighted by Crippen LogP contribution is -2.47. The molecule has 116 valence electrons. The summed E-state index contributed by atoms with van der Waals surface area (Å²) in [6.45, 7) is 0. The van der Waals surface area contributed by atoms with Crippen LogP contribution < -0.4 is 5.32 Å². The van der Waals surface area contributed by atoms with Gasteiger partial charge >= 0.3 is 6.18 Å². The van der Waals surface area contributed by atoms with Crippen LogP contribution in [0, 0.1) is 5.92 Å². The molecule has 1 aromatic rings. The average molecular weight is 341 g/mol. The molecule has 0 aliphatic heterocycles. The van der Waals surface area contributed by atoms with Crippen molar-refractivity contribution in [3.8, 4) is 0 Å². The zero-order valence-corrected chi connectivity index (χ0v) is 12.4. The molecule has 1 N–H and O–H groups in total. The highest BCUT2D eigenvalue weighted by molar-refractivity contribution is 6.35. The fourth-order valence-corrected chi connectivity index (χ4v) is 2.88. The fraction of sp³-hybridized carbons (Fsp3) is 0.538. The van der Waals surface area contributed by atoms with Crippen LogP contribution in [-0.4, -0.2) is 23.1 Å². The zero-order valence-electron chi connectivity index (χ0n) is 10.9. The molecule has 1 heterocycles. The molecule has 8 heteroatoms. The van der Waals surface area contributed by atoms with Crippen molar-refractivity contribution >= 4 is 29.1 Å². The Bertz CT molecular complexity index is 537. The van der Waals surface area contributed by atoms with Crippen molar-refractivity contribution in [2.45, 2.75) is 37.9 Å². The van der Waals surface area contributed by atoms with Crippen LogP contribution in [0.5, 0.6) is 0 Å². The van der Waals surface area contributed by atoms with Gasteiger partial charge in [0.05, 0.1) is 16.5 Å². The smallest absolute Gasteiger partial charge is 0.349 e. The van der Waals surface area contributed by atoms with Crippen LogP contribution in [0.2, 0.25) is 10.2 Å². The number of nitrogens with zero attached hydrogens (tertiary/aromatic N) is 1. The van der Waals surface area contributed by atoms with Crippen molar-refractivity contribution in [2.75, 3.05) is 0 Å². The van der Waals surface area contributed by atoms with Gasteiger partial charge in [-0.15, -0.1) is 0 Å². The topological polar surface area (TPSA) is 42.0 Å². The summed E-state index contributed by atoms with van der Waals surface area (Å²) in [4.78, 5) is 15.8. The number of pyridine rings is 1. The third-order valence-electron chi connectivity index (χ3n) is 3.57. The van der Waals surface area contributed by atoms with E-state index in [0.717, 1.165) is 0 Å². The first-order valence-corrected chi connectivity index (χ1v) is 7.23. The molecule has 0 bridgehead atoms. The fourth-order valence-electron chi connectivity index (χ4n) is 2.53. The molecule has 2 unspecified atom stereocenters. The highest BCUT2D eigenvalue weighted by atomic mass is 35.5. The highest BCUT2D eigenvalue weighted by Gasteiger charge is 2.46. The minimum absolute atomic E-state index is 0.0271. The molecule has 1 aromatic heterocycles. The quantitative estimate of drug-likeness (QED) is 0.818. The van der Waals surface area contributed by atoms with Gasteiger partial charge in [-0.25, -0.2) is 4.98 Å². The van der Waals surface area contributed by atoms with Gasteiger partial charge in [-0.05, 0) is 18.9 Å². The molecule has 1 aliphatic rings. The summed E-state index contributed by atoms with van der Waals surface area (Å²) in [7, 11) is 0. The maximum absolute atomic E-state index is 13.0. The Morgan fingerprint density at radius 1 is 1.29 bits per heavy atom. The molecule has 21 heavy (non-hydrogen) atoms. The second kappa shape index (κ2) is 6.40. The van der Waals surface area contributed by atoms with E-state index in [-0.39, 0.29) is 22.2 Å². The summed E-state index contributed by atoms with van der Waals surface area (Å²) in [5.41, 5.74) is 0.0307. The molecule has 1 fully saturated rings. The molecule has 1 aliphatic carbocycles. The third kappa shape index (κ3) is 4.01. The molecule has 0 radical (unpaired) electrons. The van der Waals surface area contributed by atoms with Crippen molar-refractivity contribution in [2.24, 2.45) is 5.92 Å². The summed E-state index contributed by atoms with van der Waals surface area (Å²) in [5, 5.41) is 2.54. The zero-order chi connectivity index (χ0) is 15.6. The number of nitrogens with one attached hydrogen (secondary N) is 1. The number of halogens is 5. The van der Waals surface area contributed by atoms with E-state index in [9.17, 15) is 18.0 Å². The number of carbonyl (C=O) groups excluding carboxylic acids is 1. The summed E-state index contributed by atoms with van der Waals surface area (Å²) >= 11 is 11.5. The van der Waals surface area contributed by atoms with Crippen LogP contribution in [0.25, 0.3) is 0 Å². The van der Waals surface area contributed by atoms with Crippen molar-refractivity contribution < 1.29 is 18.0 Å². The van der Waals surface area contributed by atoms with Crippen LogP contribution in [0.15, 0.2) is 12.3 Å². The van der Waals surface area contributed by atoms with Gasteiger partial charge in [0, 0.05) is 12.2 Å². The molecular weight excluding hydrogens is 328 g/mol. The maximum Gasteiger partial charge on any atom is 0.393 e. The lowest BCUT2D eigenvalue weighted by molar-refractivity contribution is -0.187. The lowest BCUT2D eigenvalue weighted by atomic mass is 9.84. The number of aromatic nitrogens is 1. The summed E-state index contributed by atoms with van der Waals surface area (Å²) in [6.07, 6.45) is -1.63. The van der Waals surface area contributed by atoms with Crippen LogP contribution >= 0.6 is 23.2 Å². The molecule has 0 saturated heterocycles. The number of hydrogen-bond donors (Lipinski definition) is 1. The van der Waals surface area contributed by atoms with E-state index in [0.29, 0.717) is 19.3 Å². The molecule has 1 saturated carbocycles. The van der Waals surface area contributed by atoms with Gasteiger partial charge in [-0.2, -0.15) is 13.2 Å². The first-order valence-electron chi connectivity index (χ1n) is 6.47. The largest absolute Gasteiger partial charge is 0.393 e. The molecule has 1 amide bonds. The monoisotopic (exact) mass is 340 g/mol. The Labute approximate surface area is 129 Å². The average Bonchev–Trinajstić information content (AvgIpc) is 2.41. The van der Waals surface area contributed by atoms with Gasteiger partial charge in [-0.3, -0.25) is 4.79 Å². The molecule has 0 spiro atoms. The van der Waals surface area contributed by atoms with E-state index in [4.69, 9.17) is 23.2 Å². The molecule has 2 rings (SSSR count). The second-order valence-electron chi connectivity index (χ2n) is 5.00. The number of hydrogen-bond acceptors (Lipinski definition) is 2. The standard InChI is InChI=1S/C13H13Cl2F3N2O/c14-9-6-19-11(15)5-7(9)12(21)20-10-4-2-1-3-8(10)13(16,17)18/h5-6,8,10H,1-4H2,(H,20,21). The van der Waals surface area contributed by atoms with E-state index in [1.54, 1.807) is 0 Å². The number of amides is 1. The summed E-state index contributed by atoms with van der Waals surface area (Å²) in [6, 6.07) is 0.305. The van der Waals surface area contributed by atoms with Crippen molar-refractivity contribution in [1.82, 2.24) is 10.3 Å². The van der Waals surface area contributed by atoms with Crippen molar-refractivity contribution in [3.63, 3.8) is 0 Å². The predicted molar refractivity (Wildman–Crippen MR) is 73.5 cm³/mol. The maximum atomic E-state index is 13.0. The minimum Gasteiger partial charge on any atom is -0.349 e. The molecule has 2 atom stereocenters. The van der Waals surface area contributed by atoms with Crippen LogP contribution in [0.1, 0.15) is 36.0 Å². The van der Waals surface area contributed by atoms with Crippen LogP contribution in [-0.2, 0) is 0 Å². The Morgan fingerprint density at radius 2 is 1.95 bits per heavy atom. The Kier molecular flexibility index (Phi) is 4.99. The van der Waals surface area contributed by atoms with E-state index >= 15 is 0 Å². The van der Waals surface area contributed by atoms with Gasteiger partial charge in [0.25, 0.3) is 5.91 Å². The molecule has 0 aromatic carbocycles. The minimum atomic E-state index is -4.32. The van der Waals surface area contributed by atoms with E-state index in [1.807, 2.05) is 0 Å². The second-order valence-corrected chi connectivity index (χ2v) is 5.79. The van der Waals surface area contributed by atoms with Gasteiger partial charge in [-0.1, -0.05) is 36.0 Å². The van der Waals surface area contributed by atoms with Crippen LogP contribution in [0.4, 0.5) is 13.2 Å². The normalized spacial score (nSPS) is 22.9. The lowest BCUT2D eigenvalue weighted by Gasteiger charge is -2.33. The van der Waals surface area contributed by atoms with E-state index in [1.165, 1.54) is 12.3 Å². The highest BCUT2D eigenvalue weighted by Crippen LogP contribution is 2.37. The predicted octanol–water partition coefficient (Wildman–Crippen LogP) is 4.24. The first kappa shape index (κ1) is 16.4. The van der Waals surface area contributed by atoms with Gasteiger partial charge < -0.3 is 5.32 Å². The Morgan fingerprint density at radius 3 is 2.62 bits per heavy atom.